The Hall–Kier alpha value is -1.92. The molecular formula is C21H28NO4Si. The van der Waals surface area contributed by atoms with E-state index >= 15 is 0 Å². The molecule has 2 aromatic rings. The van der Waals surface area contributed by atoms with Gasteiger partial charge in [-0.05, 0) is 30.5 Å². The van der Waals surface area contributed by atoms with Crippen LogP contribution in [0.3, 0.4) is 0 Å². The Morgan fingerprint density at radius 2 is 1.96 bits per heavy atom. The van der Waals surface area contributed by atoms with Crippen LogP contribution in [0.5, 0.6) is 0 Å². The van der Waals surface area contributed by atoms with Crippen molar-refractivity contribution in [3.05, 3.63) is 35.5 Å². The second kappa shape index (κ2) is 7.24. The number of esters is 1. The molecule has 0 saturated carbocycles. The van der Waals surface area contributed by atoms with Crippen LogP contribution in [0.25, 0.3) is 10.9 Å². The minimum Gasteiger partial charge on any atom is -0.463 e. The molecule has 0 spiro atoms. The molecule has 0 bridgehead atoms. The maximum atomic E-state index is 12.5. The van der Waals surface area contributed by atoms with Crippen molar-refractivity contribution in [3.63, 3.8) is 0 Å². The van der Waals surface area contributed by atoms with Crippen molar-refractivity contribution in [1.82, 2.24) is 4.57 Å². The maximum absolute atomic E-state index is 12.5. The number of aromatic nitrogens is 1. The maximum Gasteiger partial charge on any atom is 0.379 e. The number of rotatable bonds is 5. The van der Waals surface area contributed by atoms with Gasteiger partial charge in [0.15, 0.2) is 0 Å². The lowest BCUT2D eigenvalue weighted by molar-refractivity contribution is -0.135. The van der Waals surface area contributed by atoms with E-state index in [1.165, 1.54) is 12.7 Å². The summed E-state index contributed by atoms with van der Waals surface area (Å²) < 4.78 is 13.2. The number of hydrogen-bond donors (Lipinski definition) is 0. The first-order valence-corrected chi connectivity index (χ1v) is 11.7. The standard InChI is InChI=1S/C21H28NO4Si/c1-21(2,3)19(26-27(5)6)14-10-13-8-7-9-15-16(18(23)20(24)25-4)12-22(11-14)17(13)15/h7-9,12,14,19H,10-11H2,1-6H3. The van der Waals surface area contributed by atoms with E-state index in [0.29, 0.717) is 11.5 Å². The highest BCUT2D eigenvalue weighted by molar-refractivity contribution is 6.48. The molecule has 0 aliphatic carbocycles. The SMILES string of the molecule is COC(=O)C(=O)c1cn2c3c(cccc13)CC(C(O[Si](C)C)C(C)(C)C)C2. The fraction of sp³-hybridized carbons (Fsp3) is 0.524. The fourth-order valence-corrected chi connectivity index (χ4v) is 5.22. The molecular weight excluding hydrogens is 358 g/mol. The second-order valence-electron chi connectivity index (χ2n) is 8.61. The number of Topliss-reactive ketones (excluding diaryl/α,β-unsaturated/α-hetero) is 1. The van der Waals surface area contributed by atoms with Crippen LogP contribution in [0.2, 0.25) is 13.1 Å². The number of carbonyl (C=O) groups is 2. The quantitative estimate of drug-likeness (QED) is 0.339. The summed E-state index contributed by atoms with van der Waals surface area (Å²) in [7, 11) is 0.396. The smallest absolute Gasteiger partial charge is 0.379 e. The van der Waals surface area contributed by atoms with E-state index in [9.17, 15) is 9.59 Å². The van der Waals surface area contributed by atoms with Crippen LogP contribution >= 0.6 is 0 Å². The van der Waals surface area contributed by atoms with Gasteiger partial charge in [0.25, 0.3) is 5.78 Å². The van der Waals surface area contributed by atoms with E-state index in [-0.39, 0.29) is 11.5 Å². The van der Waals surface area contributed by atoms with E-state index in [4.69, 9.17) is 4.43 Å². The van der Waals surface area contributed by atoms with Gasteiger partial charge < -0.3 is 13.7 Å². The van der Waals surface area contributed by atoms with E-state index in [2.05, 4.69) is 49.2 Å². The van der Waals surface area contributed by atoms with Gasteiger partial charge in [0.2, 0.25) is 9.04 Å². The number of carbonyl (C=O) groups excluding carboxylic acids is 2. The molecule has 0 amide bonds. The van der Waals surface area contributed by atoms with Crippen molar-refractivity contribution in [2.24, 2.45) is 11.3 Å². The number of ketones is 1. The number of para-hydroxylation sites is 1. The van der Waals surface area contributed by atoms with Crippen LogP contribution in [-0.4, -0.2) is 38.6 Å². The lowest BCUT2D eigenvalue weighted by atomic mass is 9.77. The topological polar surface area (TPSA) is 57.5 Å². The molecule has 1 radical (unpaired) electrons. The molecule has 1 aliphatic rings. The predicted molar refractivity (Wildman–Crippen MR) is 107 cm³/mol. The third-order valence-electron chi connectivity index (χ3n) is 5.16. The molecule has 2 heterocycles. The molecule has 145 valence electrons. The number of ether oxygens (including phenoxy) is 1. The summed E-state index contributed by atoms with van der Waals surface area (Å²) in [5, 5.41) is 0.824. The van der Waals surface area contributed by atoms with Crippen LogP contribution in [0.15, 0.2) is 24.4 Å². The predicted octanol–water partition coefficient (Wildman–Crippen LogP) is 3.85. The summed E-state index contributed by atoms with van der Waals surface area (Å²) in [6.45, 7) is 11.8. The first kappa shape index (κ1) is 19.8. The average molecular weight is 387 g/mol. The first-order valence-electron chi connectivity index (χ1n) is 9.33. The van der Waals surface area contributed by atoms with Crippen molar-refractivity contribution in [2.75, 3.05) is 7.11 Å². The zero-order chi connectivity index (χ0) is 19.9. The summed E-state index contributed by atoms with van der Waals surface area (Å²) in [6, 6.07) is 5.98. The van der Waals surface area contributed by atoms with Gasteiger partial charge in [0.05, 0.1) is 24.3 Å². The molecule has 3 rings (SSSR count). The number of benzene rings is 1. The normalized spacial score (nSPS) is 18.0. The Balaban J connectivity index is 2.03. The van der Waals surface area contributed by atoms with Gasteiger partial charge in [-0.25, -0.2) is 4.79 Å². The van der Waals surface area contributed by atoms with Crippen LogP contribution in [0.4, 0.5) is 0 Å². The second-order valence-corrected chi connectivity index (χ2v) is 10.7. The molecule has 1 aromatic heterocycles. The molecule has 1 aliphatic heterocycles. The van der Waals surface area contributed by atoms with E-state index in [1.807, 2.05) is 18.3 Å². The van der Waals surface area contributed by atoms with Crippen molar-refractivity contribution < 1.29 is 18.8 Å². The van der Waals surface area contributed by atoms with Crippen molar-refractivity contribution >= 4 is 31.7 Å². The molecule has 5 nitrogen and oxygen atoms in total. The Morgan fingerprint density at radius 3 is 2.56 bits per heavy atom. The summed E-state index contributed by atoms with van der Waals surface area (Å²) in [4.78, 5) is 24.2. The van der Waals surface area contributed by atoms with E-state index < -0.39 is 20.8 Å². The largest absolute Gasteiger partial charge is 0.463 e. The van der Waals surface area contributed by atoms with E-state index in [1.54, 1.807) is 0 Å². The van der Waals surface area contributed by atoms with Crippen molar-refractivity contribution in [2.45, 2.75) is 52.9 Å². The fourth-order valence-electron chi connectivity index (χ4n) is 4.17. The minimum atomic E-state index is -0.839. The zero-order valence-corrected chi connectivity index (χ0v) is 18.0. The molecule has 2 unspecified atom stereocenters. The third-order valence-corrected chi connectivity index (χ3v) is 5.88. The van der Waals surface area contributed by atoms with Gasteiger partial charge in [-0.1, -0.05) is 39.0 Å². The summed E-state index contributed by atoms with van der Waals surface area (Å²) in [5.74, 6) is -1.10. The van der Waals surface area contributed by atoms with Gasteiger partial charge in [-0.15, -0.1) is 0 Å². The van der Waals surface area contributed by atoms with Gasteiger partial charge in [-0.2, -0.15) is 0 Å². The number of hydrogen-bond acceptors (Lipinski definition) is 4. The summed E-state index contributed by atoms with van der Waals surface area (Å²) in [5.41, 5.74) is 2.69. The minimum absolute atomic E-state index is 0.0236. The molecule has 2 atom stereocenters. The lowest BCUT2D eigenvalue weighted by Gasteiger charge is -2.40. The monoisotopic (exact) mass is 386 g/mol. The Labute approximate surface area is 162 Å². The highest BCUT2D eigenvalue weighted by Gasteiger charge is 2.37. The Morgan fingerprint density at radius 1 is 1.26 bits per heavy atom. The van der Waals surface area contributed by atoms with Crippen molar-refractivity contribution in [1.29, 1.82) is 0 Å². The molecule has 0 N–H and O–H groups in total. The van der Waals surface area contributed by atoms with Gasteiger partial charge in [0.1, 0.15) is 0 Å². The molecule has 0 fully saturated rings. The average Bonchev–Trinajstić information content (AvgIpc) is 2.97. The Bertz CT molecular complexity index is 878. The van der Waals surface area contributed by atoms with Crippen LogP contribution in [0.1, 0.15) is 36.7 Å². The summed E-state index contributed by atoms with van der Waals surface area (Å²) >= 11 is 0. The van der Waals surface area contributed by atoms with Crippen LogP contribution < -0.4 is 0 Å². The van der Waals surface area contributed by atoms with E-state index in [0.717, 1.165) is 23.9 Å². The molecule has 6 heteroatoms. The third kappa shape index (κ3) is 3.73. The highest BCUT2D eigenvalue weighted by Crippen LogP contribution is 2.38. The summed E-state index contributed by atoms with van der Waals surface area (Å²) in [6.07, 6.45) is 2.85. The zero-order valence-electron chi connectivity index (χ0n) is 17.0. The van der Waals surface area contributed by atoms with Gasteiger partial charge in [-0.3, -0.25) is 4.79 Å². The Kier molecular flexibility index (Phi) is 5.32. The lowest BCUT2D eigenvalue weighted by Crippen LogP contribution is -2.43. The van der Waals surface area contributed by atoms with Gasteiger partial charge in [0, 0.05) is 24.0 Å². The highest BCUT2D eigenvalue weighted by atomic mass is 28.3. The molecule has 1 aromatic carbocycles. The van der Waals surface area contributed by atoms with Crippen LogP contribution in [0, 0.1) is 11.3 Å². The van der Waals surface area contributed by atoms with Crippen molar-refractivity contribution in [3.8, 4) is 0 Å². The van der Waals surface area contributed by atoms with Gasteiger partial charge >= 0.3 is 5.97 Å². The first-order chi connectivity index (χ1) is 12.6. The molecule has 0 saturated heterocycles. The number of nitrogens with zero attached hydrogens (tertiary/aromatic N) is 1. The molecule has 27 heavy (non-hydrogen) atoms. The number of methoxy groups -OCH3 is 1. The van der Waals surface area contributed by atoms with Crippen LogP contribution in [-0.2, 0) is 26.9 Å².